The maximum Gasteiger partial charge on any atom is 0.332 e. The molecule has 0 spiro atoms. The van der Waals surface area contributed by atoms with Gasteiger partial charge in [0.25, 0.3) is 5.56 Å². The molecular formula is C19H22N4O2S. The van der Waals surface area contributed by atoms with Crippen molar-refractivity contribution in [2.75, 3.05) is 18.0 Å². The summed E-state index contributed by atoms with van der Waals surface area (Å²) < 4.78 is 4.00. The monoisotopic (exact) mass is 370 g/mol. The van der Waals surface area contributed by atoms with Crippen LogP contribution in [0.1, 0.15) is 12.0 Å². The number of nitrogens with one attached hydrogen (secondary N) is 1. The molecule has 0 saturated carbocycles. The minimum Gasteiger partial charge on any atom is -0.356 e. The molecule has 0 unspecified atom stereocenters. The van der Waals surface area contributed by atoms with Gasteiger partial charge in [-0.2, -0.15) is 0 Å². The van der Waals surface area contributed by atoms with Crippen molar-refractivity contribution < 1.29 is 0 Å². The number of anilines is 1. The fourth-order valence-corrected chi connectivity index (χ4v) is 4.32. The Balaban J connectivity index is 1.44. The number of hydrogen-bond donors (Lipinski definition) is 1. The minimum atomic E-state index is -0.284. The summed E-state index contributed by atoms with van der Waals surface area (Å²) in [5.41, 5.74) is 0.729. The lowest BCUT2D eigenvalue weighted by Crippen LogP contribution is -2.40. The normalized spacial score (nSPS) is 17.3. The van der Waals surface area contributed by atoms with E-state index in [-0.39, 0.29) is 11.2 Å². The largest absolute Gasteiger partial charge is 0.356 e. The third-order valence-corrected chi connectivity index (χ3v) is 6.02. The first-order chi connectivity index (χ1) is 12.5. The molecule has 0 aliphatic carbocycles. The van der Waals surface area contributed by atoms with E-state index in [1.807, 2.05) is 0 Å². The molecule has 1 fully saturated rings. The summed E-state index contributed by atoms with van der Waals surface area (Å²) in [4.78, 5) is 26.2. The van der Waals surface area contributed by atoms with Gasteiger partial charge in [-0.25, -0.2) is 4.79 Å². The van der Waals surface area contributed by atoms with E-state index in [4.69, 9.17) is 0 Å². The Morgan fingerprint density at radius 2 is 2.00 bits per heavy atom. The molecule has 1 aliphatic heterocycles. The van der Waals surface area contributed by atoms with E-state index >= 15 is 0 Å². The summed E-state index contributed by atoms with van der Waals surface area (Å²) in [5, 5.41) is 7.01. The molecule has 0 bridgehead atoms. The third-order valence-electron chi connectivity index (χ3n) is 5.12. The van der Waals surface area contributed by atoms with Gasteiger partial charge in [-0.1, -0.05) is 6.07 Å². The number of hydrogen-bond acceptors (Lipinski definition) is 5. The second-order valence-electron chi connectivity index (χ2n) is 6.85. The van der Waals surface area contributed by atoms with Gasteiger partial charge in [0.1, 0.15) is 5.82 Å². The van der Waals surface area contributed by atoms with Crippen molar-refractivity contribution in [3.63, 3.8) is 0 Å². The zero-order valence-electron chi connectivity index (χ0n) is 14.9. The van der Waals surface area contributed by atoms with Gasteiger partial charge in [-0.3, -0.25) is 13.9 Å². The molecule has 2 aromatic heterocycles. The molecule has 7 heteroatoms. The van der Waals surface area contributed by atoms with Crippen LogP contribution in [0.5, 0.6) is 0 Å². The van der Waals surface area contributed by atoms with Crippen LogP contribution in [0.25, 0.3) is 10.1 Å². The van der Waals surface area contributed by atoms with E-state index in [0.717, 1.165) is 30.6 Å². The van der Waals surface area contributed by atoms with Crippen LogP contribution in [0.3, 0.4) is 0 Å². The van der Waals surface area contributed by atoms with Crippen LogP contribution in [0, 0.1) is 0 Å². The lowest BCUT2D eigenvalue weighted by molar-refractivity contribution is 0.550. The predicted octanol–water partition coefficient (Wildman–Crippen LogP) is 1.67. The smallest absolute Gasteiger partial charge is 0.332 e. The van der Waals surface area contributed by atoms with E-state index in [1.54, 1.807) is 29.0 Å². The van der Waals surface area contributed by atoms with Gasteiger partial charge in [0.15, 0.2) is 0 Å². The fraction of sp³-hybridized carbons (Fsp3) is 0.368. The minimum absolute atomic E-state index is 0.261. The number of aromatic nitrogens is 2. The van der Waals surface area contributed by atoms with Crippen LogP contribution in [0.15, 0.2) is 45.3 Å². The van der Waals surface area contributed by atoms with E-state index in [9.17, 15) is 9.59 Å². The van der Waals surface area contributed by atoms with Crippen molar-refractivity contribution in [3.05, 3.63) is 62.1 Å². The Morgan fingerprint density at radius 1 is 1.15 bits per heavy atom. The quantitative estimate of drug-likeness (QED) is 0.759. The number of rotatable bonds is 4. The molecular weight excluding hydrogens is 348 g/mol. The average molecular weight is 370 g/mol. The average Bonchev–Trinajstić information content (AvgIpc) is 3.30. The van der Waals surface area contributed by atoms with Crippen molar-refractivity contribution in [2.24, 2.45) is 14.1 Å². The van der Waals surface area contributed by atoms with Crippen LogP contribution in [-0.2, 0) is 20.6 Å². The van der Waals surface area contributed by atoms with E-state index < -0.39 is 0 Å². The molecule has 4 rings (SSSR count). The third kappa shape index (κ3) is 3.08. The van der Waals surface area contributed by atoms with E-state index in [0.29, 0.717) is 11.9 Å². The molecule has 136 valence electrons. The molecule has 1 saturated heterocycles. The summed E-state index contributed by atoms with van der Waals surface area (Å²) in [7, 11) is 3.22. The van der Waals surface area contributed by atoms with Crippen LogP contribution >= 0.6 is 11.3 Å². The molecule has 6 nitrogen and oxygen atoms in total. The van der Waals surface area contributed by atoms with Crippen molar-refractivity contribution in [1.82, 2.24) is 14.5 Å². The van der Waals surface area contributed by atoms with Crippen molar-refractivity contribution in [1.29, 1.82) is 0 Å². The molecule has 1 N–H and O–H groups in total. The number of benzene rings is 1. The second-order valence-corrected chi connectivity index (χ2v) is 7.79. The number of fused-ring (bicyclic) bond motifs is 1. The topological polar surface area (TPSA) is 59.3 Å². The summed E-state index contributed by atoms with van der Waals surface area (Å²) in [5.74, 6) is 0.696. The van der Waals surface area contributed by atoms with Crippen LogP contribution in [0.2, 0.25) is 0 Å². The van der Waals surface area contributed by atoms with E-state index in [1.165, 1.54) is 22.7 Å². The maximum atomic E-state index is 12.1. The SMILES string of the molecule is Cn1c(N2CC[C@@H](NCc3ccc4sccc4c3)C2)cc(=O)n(C)c1=O. The molecule has 1 aromatic carbocycles. The van der Waals surface area contributed by atoms with Crippen LogP contribution in [-0.4, -0.2) is 28.3 Å². The zero-order chi connectivity index (χ0) is 18.3. The Morgan fingerprint density at radius 3 is 2.85 bits per heavy atom. The molecule has 1 atom stereocenters. The molecule has 1 aliphatic rings. The predicted molar refractivity (Wildman–Crippen MR) is 106 cm³/mol. The van der Waals surface area contributed by atoms with Gasteiger partial charge in [-0.05, 0) is 40.9 Å². The lowest BCUT2D eigenvalue weighted by Gasteiger charge is -2.21. The Kier molecular flexibility index (Phi) is 4.42. The van der Waals surface area contributed by atoms with Gasteiger partial charge in [-0.15, -0.1) is 11.3 Å². The Bertz CT molecular complexity index is 1070. The van der Waals surface area contributed by atoms with Crippen molar-refractivity contribution >= 4 is 27.2 Å². The van der Waals surface area contributed by atoms with Gasteiger partial charge >= 0.3 is 5.69 Å². The highest BCUT2D eigenvalue weighted by atomic mass is 32.1. The van der Waals surface area contributed by atoms with Gasteiger partial charge in [0.2, 0.25) is 0 Å². The second kappa shape index (κ2) is 6.74. The van der Waals surface area contributed by atoms with Crippen LogP contribution in [0.4, 0.5) is 5.82 Å². The highest BCUT2D eigenvalue weighted by Gasteiger charge is 2.24. The highest BCUT2D eigenvalue weighted by molar-refractivity contribution is 7.17. The summed E-state index contributed by atoms with van der Waals surface area (Å²) in [6.07, 6.45) is 0.990. The number of nitrogens with zero attached hydrogens (tertiary/aromatic N) is 3. The van der Waals surface area contributed by atoms with Crippen LogP contribution < -0.4 is 21.5 Å². The standard InChI is InChI=1S/C19H22N4O2S/c1-21-17(10-18(24)22(2)19(21)25)23-7-5-15(12-23)20-11-13-3-4-16-14(9-13)6-8-26-16/h3-4,6,8-10,15,20H,5,7,11-12H2,1-2H3/t15-/m1/s1. The summed E-state index contributed by atoms with van der Waals surface area (Å²) in [6.45, 7) is 2.45. The van der Waals surface area contributed by atoms with Gasteiger partial charge in [0.05, 0.1) is 0 Å². The molecule has 3 aromatic rings. The van der Waals surface area contributed by atoms with Gasteiger partial charge in [0, 0.05) is 50.5 Å². The van der Waals surface area contributed by atoms with Crippen molar-refractivity contribution in [2.45, 2.75) is 19.0 Å². The first kappa shape index (κ1) is 17.1. The maximum absolute atomic E-state index is 12.1. The molecule has 26 heavy (non-hydrogen) atoms. The molecule has 0 amide bonds. The van der Waals surface area contributed by atoms with Gasteiger partial charge < -0.3 is 10.2 Å². The van der Waals surface area contributed by atoms with E-state index in [2.05, 4.69) is 39.9 Å². The molecule has 0 radical (unpaired) electrons. The molecule has 3 heterocycles. The summed E-state index contributed by atoms with van der Waals surface area (Å²) in [6, 6.07) is 10.6. The first-order valence-electron chi connectivity index (χ1n) is 8.74. The first-order valence-corrected chi connectivity index (χ1v) is 9.62. The van der Waals surface area contributed by atoms with Crippen molar-refractivity contribution in [3.8, 4) is 0 Å². The summed E-state index contributed by atoms with van der Waals surface area (Å²) >= 11 is 1.76. The fourth-order valence-electron chi connectivity index (χ4n) is 3.55. The zero-order valence-corrected chi connectivity index (χ0v) is 15.8. The number of thiophene rings is 1. The Hall–Kier alpha value is -2.38. The lowest BCUT2D eigenvalue weighted by atomic mass is 10.1. The Labute approximate surface area is 155 Å². The highest BCUT2D eigenvalue weighted by Crippen LogP contribution is 2.22.